The number of hydrogen-bond donors (Lipinski definition) is 2. The zero-order valence-corrected chi connectivity index (χ0v) is 14.7. The molecule has 2 aromatic carbocycles. The van der Waals surface area contributed by atoms with Crippen LogP contribution in [0.5, 0.6) is 0 Å². The van der Waals surface area contributed by atoms with Crippen LogP contribution in [0.25, 0.3) is 11.1 Å². The van der Waals surface area contributed by atoms with Crippen molar-refractivity contribution in [1.29, 1.82) is 0 Å². The van der Waals surface area contributed by atoms with Gasteiger partial charge in [0, 0.05) is 22.0 Å². The van der Waals surface area contributed by atoms with Gasteiger partial charge in [0.15, 0.2) is 0 Å². The van der Waals surface area contributed by atoms with E-state index in [1.54, 1.807) is 0 Å². The van der Waals surface area contributed by atoms with E-state index < -0.39 is 0 Å². The molecule has 0 saturated heterocycles. The third-order valence-electron chi connectivity index (χ3n) is 3.50. The first-order valence-corrected chi connectivity index (χ1v) is 8.77. The number of amides is 1. The largest absolute Gasteiger partial charge is 0.390 e. The molecule has 1 amide bonds. The Morgan fingerprint density at radius 2 is 1.78 bits per heavy atom. The highest BCUT2D eigenvalue weighted by atomic mass is 79.9. The maximum atomic E-state index is 12.6. The molecule has 0 spiro atoms. The van der Waals surface area contributed by atoms with Crippen molar-refractivity contribution in [3.8, 4) is 11.1 Å². The van der Waals surface area contributed by atoms with Crippen LogP contribution in [-0.4, -0.2) is 5.91 Å². The number of anilines is 1. The van der Waals surface area contributed by atoms with Crippen LogP contribution in [0.3, 0.4) is 0 Å². The predicted octanol–water partition coefficient (Wildman–Crippen LogP) is 4.69. The third kappa shape index (κ3) is 3.63. The summed E-state index contributed by atoms with van der Waals surface area (Å²) in [7, 11) is 0. The summed E-state index contributed by atoms with van der Waals surface area (Å²) in [4.78, 5) is 12.6. The first-order valence-electron chi connectivity index (χ1n) is 7.10. The van der Waals surface area contributed by atoms with Gasteiger partial charge in [-0.2, -0.15) is 0 Å². The molecule has 0 aliphatic heterocycles. The van der Waals surface area contributed by atoms with Crippen molar-refractivity contribution in [3.63, 3.8) is 0 Å². The van der Waals surface area contributed by atoms with Crippen molar-refractivity contribution in [2.45, 2.75) is 6.54 Å². The summed E-state index contributed by atoms with van der Waals surface area (Å²) in [5, 5.41) is 5.40. The van der Waals surface area contributed by atoms with E-state index in [0.717, 1.165) is 21.2 Å². The zero-order chi connectivity index (χ0) is 16.2. The van der Waals surface area contributed by atoms with Crippen LogP contribution in [0.4, 0.5) is 5.00 Å². The van der Waals surface area contributed by atoms with E-state index in [9.17, 15) is 4.79 Å². The molecule has 0 aliphatic rings. The molecule has 0 bridgehead atoms. The molecule has 0 saturated carbocycles. The van der Waals surface area contributed by atoms with E-state index in [1.165, 1.54) is 11.3 Å². The lowest BCUT2D eigenvalue weighted by molar-refractivity contribution is 0.0953. The van der Waals surface area contributed by atoms with Crippen LogP contribution in [0.1, 0.15) is 15.9 Å². The molecular formula is C18H15BrN2OS. The SMILES string of the molecule is Nc1scc(-c2ccc(Br)cc2)c1C(=O)NCc1ccccc1. The van der Waals surface area contributed by atoms with Crippen molar-refractivity contribution < 1.29 is 4.79 Å². The van der Waals surface area contributed by atoms with Gasteiger partial charge in [-0.05, 0) is 23.3 Å². The minimum atomic E-state index is -0.148. The molecule has 23 heavy (non-hydrogen) atoms. The molecule has 3 rings (SSSR count). The number of nitrogens with one attached hydrogen (secondary N) is 1. The number of halogens is 1. The van der Waals surface area contributed by atoms with Crippen LogP contribution in [0.15, 0.2) is 64.5 Å². The quantitative estimate of drug-likeness (QED) is 0.683. The molecule has 3 N–H and O–H groups in total. The van der Waals surface area contributed by atoms with Gasteiger partial charge < -0.3 is 11.1 Å². The smallest absolute Gasteiger partial charge is 0.255 e. The van der Waals surface area contributed by atoms with E-state index in [0.29, 0.717) is 17.1 Å². The van der Waals surface area contributed by atoms with Crippen molar-refractivity contribution in [3.05, 3.63) is 75.6 Å². The number of nitrogens with two attached hydrogens (primary N) is 1. The van der Waals surface area contributed by atoms with Gasteiger partial charge in [-0.15, -0.1) is 11.3 Å². The van der Waals surface area contributed by atoms with E-state index >= 15 is 0 Å². The molecule has 0 aliphatic carbocycles. The average Bonchev–Trinajstić information content (AvgIpc) is 2.96. The topological polar surface area (TPSA) is 55.1 Å². The highest BCUT2D eigenvalue weighted by Crippen LogP contribution is 2.34. The lowest BCUT2D eigenvalue weighted by Gasteiger charge is -2.08. The van der Waals surface area contributed by atoms with E-state index in [2.05, 4.69) is 21.2 Å². The molecule has 0 atom stereocenters. The number of thiophene rings is 1. The van der Waals surface area contributed by atoms with Gasteiger partial charge in [-0.25, -0.2) is 0 Å². The Bertz CT molecular complexity index is 813. The Morgan fingerprint density at radius 3 is 2.48 bits per heavy atom. The first-order chi connectivity index (χ1) is 11.1. The summed E-state index contributed by atoms with van der Waals surface area (Å²) in [6.45, 7) is 0.481. The molecule has 3 nitrogen and oxygen atoms in total. The number of carbonyl (C=O) groups excluding carboxylic acids is 1. The predicted molar refractivity (Wildman–Crippen MR) is 99.5 cm³/mol. The standard InChI is InChI=1S/C18H15BrN2OS/c19-14-8-6-13(7-9-14)15-11-23-17(20)16(15)18(22)21-10-12-4-2-1-3-5-12/h1-9,11H,10,20H2,(H,21,22). The number of benzene rings is 2. The monoisotopic (exact) mass is 386 g/mol. The van der Waals surface area contributed by atoms with Gasteiger partial charge >= 0.3 is 0 Å². The third-order valence-corrected chi connectivity index (χ3v) is 4.84. The number of rotatable bonds is 4. The summed E-state index contributed by atoms with van der Waals surface area (Å²) in [6.07, 6.45) is 0. The first kappa shape index (κ1) is 15.8. The van der Waals surface area contributed by atoms with Gasteiger partial charge in [0.1, 0.15) is 0 Å². The Morgan fingerprint density at radius 1 is 1.09 bits per heavy atom. The van der Waals surface area contributed by atoms with Gasteiger partial charge in [0.2, 0.25) is 0 Å². The maximum Gasteiger partial charge on any atom is 0.255 e. The van der Waals surface area contributed by atoms with E-state index in [-0.39, 0.29) is 5.91 Å². The molecule has 0 fully saturated rings. The van der Waals surface area contributed by atoms with E-state index in [4.69, 9.17) is 5.73 Å². The fraction of sp³-hybridized carbons (Fsp3) is 0.0556. The summed E-state index contributed by atoms with van der Waals surface area (Å²) >= 11 is 4.81. The van der Waals surface area contributed by atoms with Crippen LogP contribution in [0.2, 0.25) is 0 Å². The summed E-state index contributed by atoms with van der Waals surface area (Å²) in [5.41, 5.74) is 9.48. The summed E-state index contributed by atoms with van der Waals surface area (Å²) in [6, 6.07) is 17.7. The normalized spacial score (nSPS) is 10.5. The fourth-order valence-corrected chi connectivity index (χ4v) is 3.40. The minimum absolute atomic E-state index is 0.148. The van der Waals surface area contributed by atoms with Gasteiger partial charge in [-0.3, -0.25) is 4.79 Å². The van der Waals surface area contributed by atoms with Crippen LogP contribution in [0, 0.1) is 0 Å². The number of nitrogen functional groups attached to an aromatic ring is 1. The van der Waals surface area contributed by atoms with Gasteiger partial charge in [0.05, 0.1) is 10.6 Å². The number of carbonyl (C=O) groups is 1. The second-order valence-corrected chi connectivity index (χ2v) is 6.89. The van der Waals surface area contributed by atoms with Crippen molar-refractivity contribution >= 4 is 38.2 Å². The summed E-state index contributed by atoms with van der Waals surface area (Å²) in [5.74, 6) is -0.148. The fourth-order valence-electron chi connectivity index (χ4n) is 2.32. The molecule has 1 aromatic heterocycles. The zero-order valence-electron chi connectivity index (χ0n) is 12.3. The molecule has 5 heteroatoms. The molecular weight excluding hydrogens is 372 g/mol. The molecule has 116 valence electrons. The molecule has 0 radical (unpaired) electrons. The maximum absolute atomic E-state index is 12.6. The Balaban J connectivity index is 1.83. The second-order valence-electron chi connectivity index (χ2n) is 5.06. The van der Waals surface area contributed by atoms with Crippen molar-refractivity contribution in [2.24, 2.45) is 0 Å². The van der Waals surface area contributed by atoms with Gasteiger partial charge in [0.25, 0.3) is 5.91 Å². The summed E-state index contributed by atoms with van der Waals surface area (Å²) < 4.78 is 1.000. The lowest BCUT2D eigenvalue weighted by atomic mass is 10.0. The highest BCUT2D eigenvalue weighted by molar-refractivity contribution is 9.10. The Labute approximate surface area is 147 Å². The molecule has 1 heterocycles. The van der Waals surface area contributed by atoms with Gasteiger partial charge in [-0.1, -0.05) is 58.4 Å². The molecule has 0 unspecified atom stereocenters. The molecule has 3 aromatic rings. The van der Waals surface area contributed by atoms with Crippen LogP contribution >= 0.6 is 27.3 Å². The Kier molecular flexibility index (Phi) is 4.79. The minimum Gasteiger partial charge on any atom is -0.390 e. The Hall–Kier alpha value is -2.11. The van der Waals surface area contributed by atoms with Crippen molar-refractivity contribution in [2.75, 3.05) is 5.73 Å². The van der Waals surface area contributed by atoms with Crippen LogP contribution < -0.4 is 11.1 Å². The lowest BCUT2D eigenvalue weighted by Crippen LogP contribution is -2.23. The van der Waals surface area contributed by atoms with E-state index in [1.807, 2.05) is 60.0 Å². The highest BCUT2D eigenvalue weighted by Gasteiger charge is 2.18. The average molecular weight is 387 g/mol. The number of hydrogen-bond acceptors (Lipinski definition) is 3. The second kappa shape index (κ2) is 6.98. The van der Waals surface area contributed by atoms with Crippen LogP contribution in [-0.2, 0) is 6.54 Å². The van der Waals surface area contributed by atoms with Crippen molar-refractivity contribution in [1.82, 2.24) is 5.32 Å².